The highest BCUT2D eigenvalue weighted by Crippen LogP contribution is 2.37. The van der Waals surface area contributed by atoms with E-state index in [4.69, 9.17) is 4.74 Å². The summed E-state index contributed by atoms with van der Waals surface area (Å²) in [6.07, 6.45) is 2.32. The molecule has 2 N–H and O–H groups in total. The van der Waals surface area contributed by atoms with Crippen LogP contribution in [-0.4, -0.2) is 64.5 Å². The van der Waals surface area contributed by atoms with Gasteiger partial charge in [-0.15, -0.1) is 0 Å². The van der Waals surface area contributed by atoms with Gasteiger partial charge in [0.05, 0.1) is 12.6 Å². The predicted octanol–water partition coefficient (Wildman–Crippen LogP) is 2.61. The molecule has 8 nitrogen and oxygen atoms in total. The second kappa shape index (κ2) is 7.73. The first-order valence-corrected chi connectivity index (χ1v) is 11.5. The van der Waals surface area contributed by atoms with Crippen molar-refractivity contribution >= 4 is 22.7 Å². The number of piperidine rings is 1. The fourth-order valence-corrected chi connectivity index (χ4v) is 5.01. The predicted molar refractivity (Wildman–Crippen MR) is 126 cm³/mol. The molecular formula is C25H31N5O3. The van der Waals surface area contributed by atoms with Crippen molar-refractivity contribution < 1.29 is 14.3 Å². The molecular weight excluding hydrogens is 418 g/mol. The lowest BCUT2D eigenvalue weighted by Gasteiger charge is -2.44. The highest BCUT2D eigenvalue weighted by Gasteiger charge is 2.45. The van der Waals surface area contributed by atoms with Crippen molar-refractivity contribution in [1.82, 2.24) is 25.6 Å². The maximum atomic E-state index is 13.2. The van der Waals surface area contributed by atoms with Crippen LogP contribution in [0, 0.1) is 0 Å². The summed E-state index contributed by atoms with van der Waals surface area (Å²) < 4.78 is 5.21. The molecule has 2 amide bonds. The lowest BCUT2D eigenvalue weighted by atomic mass is 9.78. The number of hydrazine groups is 1. The highest BCUT2D eigenvalue weighted by molar-refractivity contribution is 5.98. The van der Waals surface area contributed by atoms with Crippen LogP contribution in [0.4, 0.5) is 0 Å². The molecule has 0 atom stereocenters. The van der Waals surface area contributed by atoms with E-state index in [1.165, 1.54) is 5.57 Å². The van der Waals surface area contributed by atoms with Crippen LogP contribution in [0.25, 0.3) is 10.9 Å². The van der Waals surface area contributed by atoms with Crippen LogP contribution in [0.2, 0.25) is 0 Å². The van der Waals surface area contributed by atoms with Gasteiger partial charge in [-0.25, -0.2) is 9.99 Å². The molecule has 1 saturated heterocycles. The number of carbonyl (C=O) groups is 2. The summed E-state index contributed by atoms with van der Waals surface area (Å²) in [5, 5.41) is 6.35. The van der Waals surface area contributed by atoms with Gasteiger partial charge in [0.2, 0.25) is 5.88 Å². The topological polar surface area (TPSA) is 86.8 Å². The lowest BCUT2D eigenvalue weighted by molar-refractivity contribution is -0.121. The molecule has 1 aromatic heterocycles. The van der Waals surface area contributed by atoms with Crippen LogP contribution in [-0.2, 0) is 4.79 Å². The molecule has 4 heterocycles. The second-order valence-electron chi connectivity index (χ2n) is 10.3. The molecule has 1 fully saturated rings. The average Bonchev–Trinajstić information content (AvgIpc) is 3.23. The molecule has 0 unspecified atom stereocenters. The summed E-state index contributed by atoms with van der Waals surface area (Å²) in [4.78, 5) is 32.4. The van der Waals surface area contributed by atoms with Crippen molar-refractivity contribution in [3.05, 3.63) is 47.2 Å². The first kappa shape index (κ1) is 21.7. The molecule has 2 aromatic rings. The molecule has 3 aliphatic rings. The number of carbonyl (C=O) groups excluding carboxylic acids is 2. The molecule has 0 aliphatic carbocycles. The molecule has 1 aromatic carbocycles. The SMILES string of the molecule is COc1ccc2ccc(C(=O)N3CCC4(CC3)CC3=C(NN(C(C)(C)C)C3)C(=O)N4)cc2n1. The Morgan fingerprint density at radius 3 is 2.58 bits per heavy atom. The number of nitrogens with one attached hydrogen (secondary N) is 2. The van der Waals surface area contributed by atoms with E-state index in [0.717, 1.165) is 36.7 Å². The number of benzene rings is 1. The minimum absolute atomic E-state index is 0.000138. The summed E-state index contributed by atoms with van der Waals surface area (Å²) >= 11 is 0. The van der Waals surface area contributed by atoms with Gasteiger partial charge in [0.15, 0.2) is 0 Å². The van der Waals surface area contributed by atoms with Gasteiger partial charge in [-0.05, 0) is 63.8 Å². The minimum atomic E-state index is -0.277. The van der Waals surface area contributed by atoms with E-state index in [0.29, 0.717) is 30.2 Å². The molecule has 5 rings (SSSR count). The minimum Gasteiger partial charge on any atom is -0.481 e. The van der Waals surface area contributed by atoms with Crippen molar-refractivity contribution in [2.45, 2.75) is 51.1 Å². The first-order chi connectivity index (χ1) is 15.7. The zero-order valence-electron chi connectivity index (χ0n) is 19.7. The summed E-state index contributed by atoms with van der Waals surface area (Å²) in [7, 11) is 1.58. The number of nitrogens with zero attached hydrogens (tertiary/aromatic N) is 3. The van der Waals surface area contributed by atoms with Crippen LogP contribution in [0.3, 0.4) is 0 Å². The van der Waals surface area contributed by atoms with Gasteiger partial charge in [-0.2, -0.15) is 0 Å². The number of rotatable bonds is 2. The number of fused-ring (bicyclic) bond motifs is 1. The zero-order valence-corrected chi connectivity index (χ0v) is 19.7. The smallest absolute Gasteiger partial charge is 0.269 e. The maximum Gasteiger partial charge on any atom is 0.269 e. The summed E-state index contributed by atoms with van der Waals surface area (Å²) in [5.41, 5.74) is 6.18. The third-order valence-corrected chi connectivity index (χ3v) is 7.05. The zero-order chi connectivity index (χ0) is 23.4. The van der Waals surface area contributed by atoms with Gasteiger partial charge in [0.25, 0.3) is 11.8 Å². The number of aromatic nitrogens is 1. The Morgan fingerprint density at radius 1 is 1.15 bits per heavy atom. The number of likely N-dealkylation sites (tertiary alicyclic amines) is 1. The Kier molecular flexibility index (Phi) is 5.08. The van der Waals surface area contributed by atoms with Crippen LogP contribution < -0.4 is 15.5 Å². The molecule has 3 aliphatic heterocycles. The number of methoxy groups -OCH3 is 1. The molecule has 0 radical (unpaired) electrons. The van der Waals surface area contributed by atoms with Gasteiger partial charge in [0, 0.05) is 47.7 Å². The van der Waals surface area contributed by atoms with E-state index in [-0.39, 0.29) is 22.9 Å². The van der Waals surface area contributed by atoms with E-state index < -0.39 is 0 Å². The number of hydrogen-bond acceptors (Lipinski definition) is 6. The first-order valence-electron chi connectivity index (χ1n) is 11.5. The Bertz CT molecular complexity index is 1160. The summed E-state index contributed by atoms with van der Waals surface area (Å²) in [5.74, 6) is 0.498. The fraction of sp³-hybridized carbons (Fsp3) is 0.480. The molecule has 8 heteroatoms. The normalized spacial score (nSPS) is 20.6. The highest BCUT2D eigenvalue weighted by atomic mass is 16.5. The summed E-state index contributed by atoms with van der Waals surface area (Å²) in [6.45, 7) is 8.38. The monoisotopic (exact) mass is 449 g/mol. The molecule has 1 spiro atoms. The Morgan fingerprint density at radius 2 is 1.88 bits per heavy atom. The third kappa shape index (κ3) is 3.93. The molecule has 33 heavy (non-hydrogen) atoms. The van der Waals surface area contributed by atoms with Crippen molar-refractivity contribution in [3.63, 3.8) is 0 Å². The molecule has 174 valence electrons. The lowest BCUT2D eigenvalue weighted by Crippen LogP contribution is -2.59. The maximum absolute atomic E-state index is 13.2. The quantitative estimate of drug-likeness (QED) is 0.733. The van der Waals surface area contributed by atoms with Crippen LogP contribution >= 0.6 is 0 Å². The van der Waals surface area contributed by atoms with E-state index in [1.807, 2.05) is 35.2 Å². The van der Waals surface area contributed by atoms with E-state index in [2.05, 4.69) is 41.5 Å². The van der Waals surface area contributed by atoms with E-state index >= 15 is 0 Å². The van der Waals surface area contributed by atoms with Crippen molar-refractivity contribution in [1.29, 1.82) is 0 Å². The molecule has 0 saturated carbocycles. The van der Waals surface area contributed by atoms with Crippen LogP contribution in [0.15, 0.2) is 41.6 Å². The van der Waals surface area contributed by atoms with Gasteiger partial charge in [-0.3, -0.25) is 9.59 Å². The Hall–Kier alpha value is -3.13. The van der Waals surface area contributed by atoms with Crippen molar-refractivity contribution in [2.24, 2.45) is 0 Å². The van der Waals surface area contributed by atoms with Gasteiger partial charge < -0.3 is 20.4 Å². The number of ether oxygens (including phenoxy) is 1. The Labute approximate surface area is 193 Å². The second-order valence-corrected chi connectivity index (χ2v) is 10.3. The number of pyridine rings is 1. The largest absolute Gasteiger partial charge is 0.481 e. The van der Waals surface area contributed by atoms with Crippen molar-refractivity contribution in [2.75, 3.05) is 26.7 Å². The number of amides is 2. The average molecular weight is 450 g/mol. The number of hydrogen-bond donors (Lipinski definition) is 2. The van der Waals surface area contributed by atoms with E-state index in [1.54, 1.807) is 7.11 Å². The fourth-order valence-electron chi connectivity index (χ4n) is 5.01. The van der Waals surface area contributed by atoms with Crippen LogP contribution in [0.1, 0.15) is 50.4 Å². The third-order valence-electron chi connectivity index (χ3n) is 7.05. The van der Waals surface area contributed by atoms with Crippen molar-refractivity contribution in [3.8, 4) is 5.88 Å². The van der Waals surface area contributed by atoms with Crippen LogP contribution in [0.5, 0.6) is 5.88 Å². The van der Waals surface area contributed by atoms with Gasteiger partial charge in [-0.1, -0.05) is 6.07 Å². The van der Waals surface area contributed by atoms with Gasteiger partial charge >= 0.3 is 0 Å². The standard InChI is InChI=1S/C25H31N5O3/c1-24(2,3)30-15-18-14-25(27-22(31)21(18)28-30)9-11-29(12-10-25)23(32)17-6-5-16-7-8-20(33-4)26-19(16)13-17/h5-8,13,28H,9-12,14-15H2,1-4H3,(H,27,31). The van der Waals surface area contributed by atoms with Gasteiger partial charge in [0.1, 0.15) is 5.70 Å². The molecule has 0 bridgehead atoms. The Balaban J connectivity index is 1.28. The van der Waals surface area contributed by atoms with E-state index in [9.17, 15) is 9.59 Å². The summed E-state index contributed by atoms with van der Waals surface area (Å²) in [6, 6.07) is 9.36.